The van der Waals surface area contributed by atoms with E-state index in [4.69, 9.17) is 0 Å². The van der Waals surface area contributed by atoms with Crippen LogP contribution in [0.1, 0.15) is 19.8 Å². The highest BCUT2D eigenvalue weighted by Crippen LogP contribution is 2.24. The Hall–Kier alpha value is -2.63. The number of nitrogens with zero attached hydrogens (tertiary/aromatic N) is 1. The Balaban J connectivity index is 1.50. The lowest BCUT2D eigenvalue weighted by Gasteiger charge is -2.32. The molecule has 0 atom stereocenters. The minimum absolute atomic E-state index is 0.0309. The summed E-state index contributed by atoms with van der Waals surface area (Å²) in [4.78, 5) is 14.4. The van der Waals surface area contributed by atoms with Crippen LogP contribution in [0.25, 0.3) is 0 Å². The number of amides is 1. The second-order valence-corrected chi connectivity index (χ2v) is 6.75. The molecule has 2 N–H and O–H groups in total. The van der Waals surface area contributed by atoms with Gasteiger partial charge < -0.3 is 15.5 Å². The van der Waals surface area contributed by atoms with Crippen molar-refractivity contribution in [2.24, 2.45) is 5.92 Å². The summed E-state index contributed by atoms with van der Waals surface area (Å²) in [5, 5.41) is 5.56. The molecule has 26 heavy (non-hydrogen) atoms. The number of carbonyl (C=O) groups is 1. The van der Waals surface area contributed by atoms with Crippen molar-refractivity contribution in [1.29, 1.82) is 0 Å². The molecule has 1 heterocycles. The number of anilines is 3. The summed E-state index contributed by atoms with van der Waals surface area (Å²) in [6, 6.07) is 11.2. The van der Waals surface area contributed by atoms with Crippen molar-refractivity contribution in [1.82, 2.24) is 0 Å². The number of halogens is 2. The molecule has 0 spiro atoms. The van der Waals surface area contributed by atoms with Crippen LogP contribution in [-0.2, 0) is 4.79 Å². The molecule has 3 rings (SSSR count). The maximum atomic E-state index is 13.1. The van der Waals surface area contributed by atoms with E-state index in [2.05, 4.69) is 22.5 Å². The molecule has 0 saturated carbocycles. The molecular weight excluding hydrogens is 336 g/mol. The molecule has 2 aromatic carbocycles. The molecule has 0 bridgehead atoms. The molecule has 4 nitrogen and oxygen atoms in total. The SMILES string of the molecule is CC1CCN(c2ccc(NC(=O)CNc3ccc(F)c(F)c3)cc2)CC1. The van der Waals surface area contributed by atoms with Crippen LogP contribution in [0.15, 0.2) is 42.5 Å². The van der Waals surface area contributed by atoms with E-state index < -0.39 is 11.6 Å². The molecule has 138 valence electrons. The summed E-state index contributed by atoms with van der Waals surface area (Å²) < 4.78 is 26.0. The molecule has 0 aromatic heterocycles. The topological polar surface area (TPSA) is 44.4 Å². The van der Waals surface area contributed by atoms with Gasteiger partial charge in [0, 0.05) is 36.2 Å². The smallest absolute Gasteiger partial charge is 0.243 e. The van der Waals surface area contributed by atoms with Gasteiger partial charge in [-0.25, -0.2) is 8.78 Å². The highest BCUT2D eigenvalue weighted by atomic mass is 19.2. The van der Waals surface area contributed by atoms with E-state index in [-0.39, 0.29) is 12.5 Å². The van der Waals surface area contributed by atoms with Crippen molar-refractivity contribution in [2.45, 2.75) is 19.8 Å². The van der Waals surface area contributed by atoms with Crippen molar-refractivity contribution in [3.63, 3.8) is 0 Å². The molecule has 0 unspecified atom stereocenters. The highest BCUT2D eigenvalue weighted by Gasteiger charge is 2.15. The zero-order valence-corrected chi connectivity index (χ0v) is 14.8. The first kappa shape index (κ1) is 18.2. The second kappa shape index (κ2) is 8.17. The summed E-state index contributed by atoms with van der Waals surface area (Å²) in [6.07, 6.45) is 2.41. The van der Waals surface area contributed by atoms with Gasteiger partial charge in [0.05, 0.1) is 6.54 Å². The summed E-state index contributed by atoms with van der Waals surface area (Å²) in [6.45, 7) is 4.37. The summed E-state index contributed by atoms with van der Waals surface area (Å²) >= 11 is 0. The van der Waals surface area contributed by atoms with Gasteiger partial charge in [0.15, 0.2) is 11.6 Å². The van der Waals surface area contributed by atoms with Crippen LogP contribution >= 0.6 is 0 Å². The third kappa shape index (κ3) is 4.71. The van der Waals surface area contributed by atoms with E-state index in [1.54, 1.807) is 0 Å². The zero-order valence-electron chi connectivity index (χ0n) is 14.8. The van der Waals surface area contributed by atoms with E-state index in [1.165, 1.54) is 18.9 Å². The normalized spacial score (nSPS) is 15.0. The summed E-state index contributed by atoms with van der Waals surface area (Å²) in [7, 11) is 0. The quantitative estimate of drug-likeness (QED) is 0.839. The van der Waals surface area contributed by atoms with Crippen LogP contribution in [0.5, 0.6) is 0 Å². The van der Waals surface area contributed by atoms with Gasteiger partial charge in [-0.05, 0) is 55.2 Å². The van der Waals surface area contributed by atoms with Gasteiger partial charge >= 0.3 is 0 Å². The molecule has 0 radical (unpaired) electrons. The number of carbonyl (C=O) groups excluding carboxylic acids is 1. The Morgan fingerprint density at radius 2 is 1.69 bits per heavy atom. The maximum absolute atomic E-state index is 13.1. The fourth-order valence-electron chi connectivity index (χ4n) is 3.02. The van der Waals surface area contributed by atoms with E-state index in [9.17, 15) is 13.6 Å². The van der Waals surface area contributed by atoms with E-state index in [0.29, 0.717) is 11.4 Å². The fourth-order valence-corrected chi connectivity index (χ4v) is 3.02. The fraction of sp³-hybridized carbons (Fsp3) is 0.350. The Labute approximate surface area is 152 Å². The Kier molecular flexibility index (Phi) is 5.71. The average Bonchev–Trinajstić information content (AvgIpc) is 2.64. The van der Waals surface area contributed by atoms with Crippen LogP contribution < -0.4 is 15.5 Å². The van der Waals surface area contributed by atoms with Crippen molar-refractivity contribution < 1.29 is 13.6 Å². The number of nitrogens with one attached hydrogen (secondary N) is 2. The standard InChI is InChI=1S/C20H23F2N3O/c1-14-8-10-25(11-9-14)17-5-2-15(3-6-17)24-20(26)13-23-16-4-7-18(21)19(22)12-16/h2-7,12,14,23H,8-11,13H2,1H3,(H,24,26). The van der Waals surface area contributed by atoms with Crippen molar-refractivity contribution >= 4 is 23.0 Å². The number of piperidine rings is 1. The van der Waals surface area contributed by atoms with Crippen molar-refractivity contribution in [3.8, 4) is 0 Å². The number of hydrogen-bond donors (Lipinski definition) is 2. The summed E-state index contributed by atoms with van der Waals surface area (Å²) in [5.74, 6) is -1.33. The van der Waals surface area contributed by atoms with Crippen LogP contribution in [0.4, 0.5) is 25.8 Å². The van der Waals surface area contributed by atoms with Gasteiger partial charge in [-0.3, -0.25) is 4.79 Å². The Bertz CT molecular complexity index is 756. The van der Waals surface area contributed by atoms with Crippen LogP contribution in [0.3, 0.4) is 0 Å². The third-order valence-electron chi connectivity index (χ3n) is 4.67. The number of hydrogen-bond acceptors (Lipinski definition) is 3. The predicted octanol–water partition coefficient (Wildman–Crippen LogP) is 4.25. The number of rotatable bonds is 5. The highest BCUT2D eigenvalue weighted by molar-refractivity contribution is 5.93. The molecule has 1 saturated heterocycles. The molecule has 1 aliphatic heterocycles. The van der Waals surface area contributed by atoms with Crippen molar-refractivity contribution in [2.75, 3.05) is 35.2 Å². The molecular formula is C20H23F2N3O. The summed E-state index contributed by atoms with van der Waals surface area (Å²) in [5.41, 5.74) is 2.22. The van der Waals surface area contributed by atoms with Crippen LogP contribution in [0.2, 0.25) is 0 Å². The van der Waals surface area contributed by atoms with Gasteiger partial charge in [0.25, 0.3) is 0 Å². The molecule has 1 amide bonds. The van der Waals surface area contributed by atoms with Crippen molar-refractivity contribution in [3.05, 3.63) is 54.1 Å². The lowest BCUT2D eigenvalue weighted by atomic mass is 9.99. The molecule has 1 fully saturated rings. The Morgan fingerprint density at radius 1 is 1.04 bits per heavy atom. The lowest BCUT2D eigenvalue weighted by molar-refractivity contribution is -0.114. The van der Waals surface area contributed by atoms with Crippen LogP contribution in [0, 0.1) is 17.6 Å². The largest absolute Gasteiger partial charge is 0.376 e. The maximum Gasteiger partial charge on any atom is 0.243 e. The average molecular weight is 359 g/mol. The van der Waals surface area contributed by atoms with E-state index in [1.807, 2.05) is 24.3 Å². The van der Waals surface area contributed by atoms with Crippen LogP contribution in [-0.4, -0.2) is 25.5 Å². The number of benzene rings is 2. The monoisotopic (exact) mass is 359 g/mol. The lowest BCUT2D eigenvalue weighted by Crippen LogP contribution is -2.32. The third-order valence-corrected chi connectivity index (χ3v) is 4.67. The van der Waals surface area contributed by atoms with Gasteiger partial charge in [-0.1, -0.05) is 6.92 Å². The van der Waals surface area contributed by atoms with Gasteiger partial charge in [0.1, 0.15) is 0 Å². The first-order valence-corrected chi connectivity index (χ1v) is 8.85. The zero-order chi connectivity index (χ0) is 18.5. The molecule has 2 aromatic rings. The first-order valence-electron chi connectivity index (χ1n) is 8.85. The molecule has 1 aliphatic rings. The molecule has 6 heteroatoms. The Morgan fingerprint density at radius 3 is 2.35 bits per heavy atom. The minimum Gasteiger partial charge on any atom is -0.376 e. The minimum atomic E-state index is -0.946. The predicted molar refractivity (Wildman–Crippen MR) is 101 cm³/mol. The van der Waals surface area contributed by atoms with Gasteiger partial charge in [-0.15, -0.1) is 0 Å². The first-order chi connectivity index (χ1) is 12.5. The van der Waals surface area contributed by atoms with Gasteiger partial charge in [0.2, 0.25) is 5.91 Å². The van der Waals surface area contributed by atoms with Gasteiger partial charge in [-0.2, -0.15) is 0 Å². The van der Waals surface area contributed by atoms with E-state index >= 15 is 0 Å². The molecule has 0 aliphatic carbocycles. The second-order valence-electron chi connectivity index (χ2n) is 6.75. The van der Waals surface area contributed by atoms with E-state index in [0.717, 1.165) is 36.8 Å².